The number of carbonyl (C=O) groups excluding carboxylic acids is 4. The van der Waals surface area contributed by atoms with Gasteiger partial charge in [-0.2, -0.15) is 10.2 Å². The average Bonchev–Trinajstić information content (AvgIpc) is 4.08. The number of aldehydes is 1. The molecule has 2 aromatic rings. The van der Waals surface area contributed by atoms with Crippen molar-refractivity contribution in [2.45, 2.75) is 58.3 Å². The summed E-state index contributed by atoms with van der Waals surface area (Å²) >= 11 is 0. The van der Waals surface area contributed by atoms with E-state index in [1.165, 1.54) is 5.59 Å². The van der Waals surface area contributed by atoms with E-state index in [1.54, 1.807) is 36.6 Å². The van der Waals surface area contributed by atoms with E-state index >= 15 is 0 Å². The molecule has 3 atom stereocenters. The molecule has 6 aliphatic rings. The SMILES string of the molecule is C#CC(=O)OCC.CCOC(=O)c1cc2n(n1)CCOC2.O=C(O)C1COCCN1.O=C1O[NH2+]N2CCOCC12.O=Cc1cc2n(n1)CCOC2.O=NN1CCOCC1C(=O)O.O=N[O-].[Na+]. The molecule has 3 unspecified atom stereocenters. The van der Waals surface area contributed by atoms with Gasteiger partial charge in [0.2, 0.25) is 0 Å². The van der Waals surface area contributed by atoms with Gasteiger partial charge in [-0.25, -0.2) is 24.2 Å². The Labute approximate surface area is 398 Å². The molecule has 4 saturated heterocycles. The summed E-state index contributed by atoms with van der Waals surface area (Å²) in [6.45, 7) is 12.2. The Hall–Kier alpha value is -5.52. The third-order valence-corrected chi connectivity index (χ3v) is 8.59. The van der Waals surface area contributed by atoms with Gasteiger partial charge in [0.1, 0.15) is 11.7 Å². The van der Waals surface area contributed by atoms with Crippen LogP contribution in [0.4, 0.5) is 0 Å². The number of nitrogens with zero attached hydrogens (tertiary/aromatic N) is 8. The second kappa shape index (κ2) is 33.9. The summed E-state index contributed by atoms with van der Waals surface area (Å²) in [6.07, 6.45) is 5.39. The van der Waals surface area contributed by atoms with E-state index in [1.807, 2.05) is 9.69 Å². The summed E-state index contributed by atoms with van der Waals surface area (Å²) in [5.74, 6) is -1.27. The molecule has 29 nitrogen and oxygen atoms in total. The third kappa shape index (κ3) is 21.2. The molecule has 0 spiro atoms. The number of morpholine rings is 3. The topological polar surface area (TPSA) is 369 Å². The van der Waals surface area contributed by atoms with Gasteiger partial charge in [0.25, 0.3) is 0 Å². The Kier molecular flexibility index (Phi) is 30.0. The van der Waals surface area contributed by atoms with Gasteiger partial charge in [-0.05, 0) is 26.0 Å². The number of carboxylic acids is 2. The molecule has 0 saturated carbocycles. The summed E-state index contributed by atoms with van der Waals surface area (Å²) < 4.78 is 38.0. The van der Waals surface area contributed by atoms with Gasteiger partial charge in [-0.3, -0.25) is 23.8 Å². The third-order valence-electron chi connectivity index (χ3n) is 8.59. The number of carboxylic acid groups (broad SMARTS) is 2. The van der Waals surface area contributed by atoms with E-state index in [0.29, 0.717) is 90.5 Å². The molecule has 30 heteroatoms. The summed E-state index contributed by atoms with van der Waals surface area (Å²) in [7, 11) is 0. The number of hydrogen-bond acceptors (Lipinski definition) is 23. The van der Waals surface area contributed by atoms with Crippen LogP contribution in [0.1, 0.15) is 46.2 Å². The molecular formula is C36H52N10NaO19+. The summed E-state index contributed by atoms with van der Waals surface area (Å²) in [6, 6.07) is 1.89. The zero-order valence-corrected chi connectivity index (χ0v) is 38.6. The van der Waals surface area contributed by atoms with Crippen molar-refractivity contribution in [3.8, 4) is 12.3 Å². The van der Waals surface area contributed by atoms with Crippen LogP contribution in [0.15, 0.2) is 22.8 Å². The minimum Gasteiger partial charge on any atom is -0.480 e. The van der Waals surface area contributed by atoms with Crippen LogP contribution in [-0.2, 0) is 83.5 Å². The first-order valence-electron chi connectivity index (χ1n) is 19.7. The zero-order chi connectivity index (χ0) is 48.0. The number of ether oxygens (including phenoxy) is 7. The molecule has 66 heavy (non-hydrogen) atoms. The van der Waals surface area contributed by atoms with Crippen LogP contribution < -0.4 is 40.5 Å². The van der Waals surface area contributed by atoms with E-state index in [2.05, 4.69) is 36.8 Å². The van der Waals surface area contributed by atoms with Crippen LogP contribution in [0.25, 0.3) is 0 Å². The first-order valence-corrected chi connectivity index (χ1v) is 19.7. The number of nitrogens with two attached hydrogens (primary N) is 1. The number of fused-ring (bicyclic) bond motifs is 3. The quantitative estimate of drug-likeness (QED) is 0.0294. The van der Waals surface area contributed by atoms with Gasteiger partial charge in [-0.15, -0.1) is 16.7 Å². The number of nitrogens with one attached hydrogen (secondary N) is 1. The predicted molar refractivity (Wildman–Crippen MR) is 214 cm³/mol. The number of hydrogen-bond donors (Lipinski definition) is 4. The maximum atomic E-state index is 11.3. The zero-order valence-electron chi connectivity index (χ0n) is 36.6. The smallest absolute Gasteiger partial charge is 0.480 e. The number of aromatic nitrogens is 4. The molecule has 360 valence electrons. The van der Waals surface area contributed by atoms with Gasteiger partial charge in [0.15, 0.2) is 24.1 Å². The first-order chi connectivity index (χ1) is 31.4. The van der Waals surface area contributed by atoms with E-state index in [0.717, 1.165) is 41.1 Å². The number of esters is 2. The normalized spacial score (nSPS) is 19.7. The molecule has 5 N–H and O–H groups in total. The summed E-state index contributed by atoms with van der Waals surface area (Å²) in [5.41, 5.74) is 4.26. The fourth-order valence-electron chi connectivity index (χ4n) is 5.50. The molecule has 0 amide bonds. The largest absolute Gasteiger partial charge is 1.00 e. The van der Waals surface area contributed by atoms with Crippen molar-refractivity contribution in [3.05, 3.63) is 49.9 Å². The Morgan fingerprint density at radius 3 is 1.95 bits per heavy atom. The van der Waals surface area contributed by atoms with E-state index in [-0.39, 0.29) is 67.3 Å². The van der Waals surface area contributed by atoms with Crippen molar-refractivity contribution in [3.63, 3.8) is 0 Å². The molecular weight excluding hydrogens is 899 g/mol. The van der Waals surface area contributed by atoms with E-state index in [4.69, 9.17) is 48.7 Å². The average molecular weight is 952 g/mol. The maximum absolute atomic E-state index is 11.3. The minimum absolute atomic E-state index is 0. The van der Waals surface area contributed by atoms with Gasteiger partial charge in [0, 0.05) is 12.5 Å². The van der Waals surface area contributed by atoms with Crippen LogP contribution in [0.5, 0.6) is 0 Å². The Morgan fingerprint density at radius 2 is 1.48 bits per heavy atom. The first kappa shape index (κ1) is 58.5. The molecule has 2 aromatic heterocycles. The second-order valence-corrected chi connectivity index (χ2v) is 12.9. The van der Waals surface area contributed by atoms with Crippen LogP contribution >= 0.6 is 0 Å². The van der Waals surface area contributed by atoms with E-state index in [9.17, 15) is 33.7 Å². The fraction of sp³-hybridized carbons (Fsp3) is 0.611. The number of aliphatic carboxylic acids is 2. The van der Waals surface area contributed by atoms with Crippen molar-refractivity contribution in [1.82, 2.24) is 34.9 Å². The number of terminal acetylenes is 1. The summed E-state index contributed by atoms with van der Waals surface area (Å²) in [5, 5.41) is 42.3. The van der Waals surface area contributed by atoms with Crippen LogP contribution in [-0.4, -0.2) is 180 Å². The van der Waals surface area contributed by atoms with Crippen molar-refractivity contribution in [2.75, 3.05) is 85.7 Å². The van der Waals surface area contributed by atoms with Crippen molar-refractivity contribution >= 4 is 36.1 Å². The maximum Gasteiger partial charge on any atom is 1.00 e. The molecule has 4 fully saturated rings. The number of rotatable bonds is 7. The minimum atomic E-state index is -1.08. The number of quaternary nitrogens is 1. The van der Waals surface area contributed by atoms with Crippen molar-refractivity contribution in [1.29, 1.82) is 0 Å². The Morgan fingerprint density at radius 1 is 0.894 bits per heavy atom. The Balaban J connectivity index is 0.000000394. The van der Waals surface area contributed by atoms with Gasteiger partial charge in [-0.1, -0.05) is 10.6 Å². The van der Waals surface area contributed by atoms with Crippen LogP contribution in [0, 0.1) is 27.4 Å². The molecule has 0 bridgehead atoms. The fourth-order valence-corrected chi connectivity index (χ4v) is 5.50. The summed E-state index contributed by atoms with van der Waals surface area (Å²) in [4.78, 5) is 85.7. The van der Waals surface area contributed by atoms with Gasteiger partial charge >= 0.3 is 59.4 Å². The van der Waals surface area contributed by atoms with Crippen molar-refractivity contribution in [2.24, 2.45) is 10.6 Å². The van der Waals surface area contributed by atoms with Crippen molar-refractivity contribution < 1.29 is 112 Å². The molecule has 0 radical (unpaired) electrons. The van der Waals surface area contributed by atoms with Crippen LogP contribution in [0.2, 0.25) is 0 Å². The standard InChI is InChI=1S/C9H12N2O3.C7H8N2O2.C5H8N2O4.C5H8N2O3.C5H9NO3.C5H6O2.HNO2.Na/c1-2-14-9(12)8-5-7-6-13-4-3-11(7)10-8;10-4-6-3-7-5-11-2-1-9(7)8-6;8-5(9)4-3-11-2-1-7(4)6-10;8-5-4-3-9-2-1-7(4)6-10-5;7-5(8)4-3-9-2-1-6-4;1-3-5(6)7-4-2;2-1-3;/h5H,2-4,6H2,1H3;3-4H,1-2,5H2;4H,1-3H2,(H,8,9);4,6H,1-3H2;4,6H,1-3H2,(H,7,8);1H,4H2,2H3;(H,2,3);/q;;;;;;;+1. The monoisotopic (exact) mass is 951 g/mol. The number of nitroso groups, excluding NO2 is 1. The second-order valence-electron chi connectivity index (χ2n) is 12.9. The molecule has 8 rings (SSSR count). The Bertz CT molecular complexity index is 1830. The number of carbonyl (C=O) groups is 6. The predicted octanol–water partition coefficient (Wildman–Crippen LogP) is -5.60. The van der Waals surface area contributed by atoms with E-state index < -0.39 is 30.0 Å². The molecule has 0 aromatic carbocycles. The van der Waals surface area contributed by atoms with Gasteiger partial charge in [0.05, 0.1) is 122 Å². The van der Waals surface area contributed by atoms with Gasteiger partial charge < -0.3 is 58.8 Å². The molecule has 0 aliphatic carbocycles. The van der Waals surface area contributed by atoms with Crippen LogP contribution in [0.3, 0.4) is 0 Å². The molecule has 6 aliphatic heterocycles. The molecule has 8 heterocycles.